The Hall–Kier alpha value is -0.760. The molecule has 26 heavy (non-hydrogen) atoms. The van der Waals surface area contributed by atoms with Gasteiger partial charge in [-0.05, 0) is 12.8 Å². The third-order valence-electron chi connectivity index (χ3n) is 3.45. The van der Waals surface area contributed by atoms with Crippen LogP contribution in [0.4, 0.5) is 0 Å². The van der Waals surface area contributed by atoms with E-state index in [9.17, 15) is 19.4 Å². The van der Waals surface area contributed by atoms with Crippen LogP contribution >= 0.6 is 7.82 Å². The Bertz CT molecular complexity index is 478. The van der Waals surface area contributed by atoms with Crippen molar-refractivity contribution in [2.45, 2.75) is 51.7 Å². The maximum atomic E-state index is 11.9. The summed E-state index contributed by atoms with van der Waals surface area (Å²) < 4.78 is 22.1. The number of likely N-dealkylation sites (N-methyl/N-ethyl adjacent to an activating group) is 1. The van der Waals surface area contributed by atoms with E-state index in [0.29, 0.717) is 17.4 Å². The molecule has 3 unspecified atom stereocenters. The van der Waals surface area contributed by atoms with Crippen molar-refractivity contribution in [3.63, 3.8) is 0 Å². The van der Waals surface area contributed by atoms with Gasteiger partial charge in [0, 0.05) is 6.42 Å². The fraction of sp³-hybridized carbons (Fsp3) is 0.824. The van der Waals surface area contributed by atoms with Gasteiger partial charge in [-0.2, -0.15) is 0 Å². The zero-order chi connectivity index (χ0) is 20.2. The Morgan fingerprint density at radius 1 is 1.27 bits per heavy atom. The van der Waals surface area contributed by atoms with Crippen LogP contribution in [0.25, 0.3) is 0 Å². The van der Waals surface area contributed by atoms with Crippen LogP contribution in [0.1, 0.15) is 39.5 Å². The molecule has 0 aromatic rings. The molecule has 0 aliphatic rings. The summed E-state index contributed by atoms with van der Waals surface area (Å²) in [6.07, 6.45) is 4.92. The molecule has 0 aromatic heterocycles. The van der Waals surface area contributed by atoms with Crippen molar-refractivity contribution in [3.8, 4) is 0 Å². The smallest absolute Gasteiger partial charge is 0.268 e. The lowest BCUT2D eigenvalue weighted by Crippen LogP contribution is -2.45. The SMILES string of the molecule is CCC/C=C/C(O)C(COP(=O)([O-])OCC[N+](C)(C)C)NC(=O)CCC. The van der Waals surface area contributed by atoms with Crippen LogP contribution in [0.15, 0.2) is 12.2 Å². The molecule has 2 N–H and O–H groups in total. The van der Waals surface area contributed by atoms with Crippen LogP contribution in [0.5, 0.6) is 0 Å². The highest BCUT2D eigenvalue weighted by molar-refractivity contribution is 7.45. The number of amides is 1. The maximum Gasteiger partial charge on any atom is 0.268 e. The number of nitrogens with zero attached hydrogens (tertiary/aromatic N) is 1. The minimum atomic E-state index is -4.51. The van der Waals surface area contributed by atoms with E-state index >= 15 is 0 Å². The number of carbonyl (C=O) groups is 1. The minimum absolute atomic E-state index is 0.00387. The number of carbonyl (C=O) groups excluding carboxylic acids is 1. The highest BCUT2D eigenvalue weighted by atomic mass is 31.2. The third-order valence-corrected chi connectivity index (χ3v) is 4.41. The van der Waals surface area contributed by atoms with Gasteiger partial charge in [-0.1, -0.05) is 32.4 Å². The summed E-state index contributed by atoms with van der Waals surface area (Å²) in [5, 5.41) is 12.8. The average molecular weight is 394 g/mol. The van der Waals surface area contributed by atoms with E-state index in [4.69, 9.17) is 9.05 Å². The number of nitrogens with one attached hydrogen (secondary N) is 1. The van der Waals surface area contributed by atoms with E-state index in [1.54, 1.807) is 6.08 Å². The van der Waals surface area contributed by atoms with Gasteiger partial charge in [0.25, 0.3) is 7.82 Å². The molecule has 0 aliphatic carbocycles. The number of phosphoric ester groups is 1. The maximum absolute atomic E-state index is 11.9. The van der Waals surface area contributed by atoms with Crippen molar-refractivity contribution in [1.29, 1.82) is 0 Å². The molecule has 0 rings (SSSR count). The summed E-state index contributed by atoms with van der Waals surface area (Å²) in [5.74, 6) is -0.268. The summed E-state index contributed by atoms with van der Waals surface area (Å²) >= 11 is 0. The van der Waals surface area contributed by atoms with Gasteiger partial charge in [0.2, 0.25) is 5.91 Å². The summed E-state index contributed by atoms with van der Waals surface area (Å²) in [4.78, 5) is 23.7. The molecule has 1 amide bonds. The molecule has 0 aromatic carbocycles. The lowest BCUT2D eigenvalue weighted by atomic mass is 10.1. The van der Waals surface area contributed by atoms with Gasteiger partial charge in [0.1, 0.15) is 13.2 Å². The fourth-order valence-electron chi connectivity index (χ4n) is 1.90. The predicted molar refractivity (Wildman–Crippen MR) is 99.3 cm³/mol. The third kappa shape index (κ3) is 13.4. The largest absolute Gasteiger partial charge is 0.756 e. The molecule has 8 nitrogen and oxygen atoms in total. The molecule has 0 bridgehead atoms. The average Bonchev–Trinajstić information content (AvgIpc) is 2.50. The zero-order valence-corrected chi connectivity index (χ0v) is 17.5. The first-order chi connectivity index (χ1) is 12.0. The van der Waals surface area contributed by atoms with Gasteiger partial charge in [0.05, 0.1) is 39.9 Å². The Morgan fingerprint density at radius 2 is 1.92 bits per heavy atom. The van der Waals surface area contributed by atoms with E-state index in [2.05, 4.69) is 5.32 Å². The Morgan fingerprint density at radius 3 is 2.46 bits per heavy atom. The molecule has 0 radical (unpaired) electrons. The van der Waals surface area contributed by atoms with Crippen molar-refractivity contribution in [2.75, 3.05) is 40.9 Å². The molecule has 0 saturated heterocycles. The number of aliphatic hydroxyl groups is 1. The van der Waals surface area contributed by atoms with Gasteiger partial charge < -0.3 is 28.8 Å². The summed E-state index contributed by atoms with van der Waals surface area (Å²) in [6, 6.07) is -0.869. The number of phosphoric acid groups is 1. The number of rotatable bonds is 14. The Labute approximate surface area is 157 Å². The molecule has 0 spiro atoms. The first kappa shape index (κ1) is 25.2. The van der Waals surface area contributed by atoms with Crippen LogP contribution in [-0.4, -0.2) is 68.5 Å². The molecule has 0 heterocycles. The summed E-state index contributed by atoms with van der Waals surface area (Å²) in [5.41, 5.74) is 0. The number of unbranched alkanes of at least 4 members (excludes halogenated alkanes) is 1. The number of hydrogen-bond donors (Lipinski definition) is 2. The first-order valence-corrected chi connectivity index (χ1v) is 10.5. The second-order valence-corrected chi connectivity index (χ2v) is 8.63. The number of hydrogen-bond acceptors (Lipinski definition) is 6. The van der Waals surface area contributed by atoms with E-state index in [1.165, 1.54) is 6.08 Å². The molecule has 154 valence electrons. The molecular weight excluding hydrogens is 359 g/mol. The van der Waals surface area contributed by atoms with Crippen LogP contribution in [0, 0.1) is 0 Å². The first-order valence-electron chi connectivity index (χ1n) is 9.05. The van der Waals surface area contributed by atoms with Gasteiger partial charge in [-0.25, -0.2) is 0 Å². The van der Waals surface area contributed by atoms with Crippen molar-refractivity contribution >= 4 is 13.7 Å². The normalized spacial score (nSPS) is 17.0. The zero-order valence-electron chi connectivity index (χ0n) is 16.6. The van der Waals surface area contributed by atoms with Gasteiger partial charge in [0.15, 0.2) is 0 Å². The molecule has 3 atom stereocenters. The van der Waals surface area contributed by atoms with E-state index in [0.717, 1.165) is 12.8 Å². The summed E-state index contributed by atoms with van der Waals surface area (Å²) in [7, 11) is 1.24. The van der Waals surface area contributed by atoms with Gasteiger partial charge in [-0.3, -0.25) is 9.36 Å². The molecule has 9 heteroatoms. The van der Waals surface area contributed by atoms with Crippen molar-refractivity contribution in [1.82, 2.24) is 5.32 Å². The van der Waals surface area contributed by atoms with Crippen LogP contribution in [0.2, 0.25) is 0 Å². The molecule has 0 fully saturated rings. The van der Waals surface area contributed by atoms with E-state index in [1.807, 2.05) is 35.0 Å². The van der Waals surface area contributed by atoms with E-state index < -0.39 is 26.6 Å². The standard InChI is InChI=1S/C17H35N2O6P/c1-6-8-9-11-16(20)15(18-17(21)10-7-2)14-25-26(22,23)24-13-12-19(3,4)5/h9,11,15-16,20H,6-8,10,12-14H2,1-5H3,(H-,18,21,22,23)/b11-9+. The Balaban J connectivity index is 4.72. The van der Waals surface area contributed by atoms with Gasteiger partial charge >= 0.3 is 0 Å². The predicted octanol–water partition coefficient (Wildman–Crippen LogP) is 1.20. The number of allylic oxidation sites excluding steroid dienone is 1. The number of aliphatic hydroxyl groups excluding tert-OH is 1. The van der Waals surface area contributed by atoms with Crippen molar-refractivity contribution in [3.05, 3.63) is 12.2 Å². The molecular formula is C17H35N2O6P. The van der Waals surface area contributed by atoms with E-state index in [-0.39, 0.29) is 18.9 Å². The Kier molecular flexibility index (Phi) is 12.2. The van der Waals surface area contributed by atoms with Crippen molar-refractivity contribution < 1.29 is 32.9 Å². The highest BCUT2D eigenvalue weighted by Gasteiger charge is 2.22. The summed E-state index contributed by atoms with van der Waals surface area (Å²) in [6.45, 7) is 3.96. The van der Waals surface area contributed by atoms with Crippen LogP contribution < -0.4 is 10.2 Å². The second kappa shape index (κ2) is 12.6. The lowest BCUT2D eigenvalue weighted by Gasteiger charge is -2.29. The highest BCUT2D eigenvalue weighted by Crippen LogP contribution is 2.38. The lowest BCUT2D eigenvalue weighted by molar-refractivity contribution is -0.870. The second-order valence-electron chi connectivity index (χ2n) is 7.22. The van der Waals surface area contributed by atoms with Crippen molar-refractivity contribution in [2.24, 2.45) is 0 Å². The minimum Gasteiger partial charge on any atom is -0.756 e. The monoisotopic (exact) mass is 394 g/mol. The molecule has 0 aliphatic heterocycles. The van der Waals surface area contributed by atoms with Gasteiger partial charge in [-0.15, -0.1) is 0 Å². The van der Waals surface area contributed by atoms with Crippen LogP contribution in [-0.2, 0) is 18.4 Å². The number of quaternary nitrogens is 1. The topological polar surface area (TPSA) is 108 Å². The fourth-order valence-corrected chi connectivity index (χ4v) is 2.63. The van der Waals surface area contributed by atoms with Crippen LogP contribution in [0.3, 0.4) is 0 Å². The molecule has 0 saturated carbocycles. The quantitative estimate of drug-likeness (QED) is 0.260.